The van der Waals surface area contributed by atoms with Crippen LogP contribution in [-0.4, -0.2) is 40.2 Å². The van der Waals surface area contributed by atoms with Crippen molar-refractivity contribution >= 4 is 17.5 Å². The van der Waals surface area contributed by atoms with Gasteiger partial charge in [-0.25, -0.2) is 0 Å². The number of halogens is 1. The number of rotatable bonds is 2. The molecule has 6 heteroatoms. The van der Waals surface area contributed by atoms with Crippen LogP contribution in [0.25, 0.3) is 0 Å². The molecule has 1 aromatic heterocycles. The summed E-state index contributed by atoms with van der Waals surface area (Å²) in [6.45, 7) is 2.97. The van der Waals surface area contributed by atoms with Crippen LogP contribution in [0.3, 0.4) is 0 Å². The smallest absolute Gasteiger partial charge is 0.272 e. The lowest BCUT2D eigenvalue weighted by Crippen LogP contribution is -2.48. The molecule has 2 atom stereocenters. The fourth-order valence-electron chi connectivity index (χ4n) is 2.48. The molecule has 2 aromatic rings. The van der Waals surface area contributed by atoms with E-state index in [9.17, 15) is 4.79 Å². The first kappa shape index (κ1) is 14.1. The number of ether oxygens (including phenoxy) is 1. The Hall–Kier alpha value is -1.85. The highest BCUT2D eigenvalue weighted by molar-refractivity contribution is 6.30. The number of nitrogens with one attached hydrogen (secondary N) is 1. The standard InChI is InChI=1S/C15H16ClN3O2/c1-10-9-21-14(11-3-2-4-12(16)7-11)8-19(10)15(20)13-5-6-17-18-13/h2-7,10,14H,8-9H2,1H3,(H,17,18)/t10-,14+/m1/s1. The number of carbonyl (C=O) groups is 1. The molecular weight excluding hydrogens is 290 g/mol. The van der Waals surface area contributed by atoms with Crippen LogP contribution in [0.15, 0.2) is 36.5 Å². The maximum atomic E-state index is 12.5. The zero-order chi connectivity index (χ0) is 14.8. The molecule has 1 aliphatic heterocycles. The monoisotopic (exact) mass is 305 g/mol. The fraction of sp³-hybridized carbons (Fsp3) is 0.333. The van der Waals surface area contributed by atoms with Crippen LogP contribution in [0, 0.1) is 0 Å². The van der Waals surface area contributed by atoms with Crippen LogP contribution in [0.1, 0.15) is 29.1 Å². The topological polar surface area (TPSA) is 58.2 Å². The van der Waals surface area contributed by atoms with E-state index in [0.717, 1.165) is 5.56 Å². The zero-order valence-electron chi connectivity index (χ0n) is 11.6. The van der Waals surface area contributed by atoms with E-state index >= 15 is 0 Å². The second-order valence-electron chi connectivity index (χ2n) is 5.15. The van der Waals surface area contributed by atoms with E-state index in [0.29, 0.717) is 23.9 Å². The van der Waals surface area contributed by atoms with E-state index in [-0.39, 0.29) is 18.1 Å². The summed E-state index contributed by atoms with van der Waals surface area (Å²) in [5, 5.41) is 7.21. The van der Waals surface area contributed by atoms with E-state index in [1.807, 2.05) is 36.1 Å². The number of hydrogen-bond acceptors (Lipinski definition) is 3. The number of carbonyl (C=O) groups excluding carboxylic acids is 1. The Morgan fingerprint density at radius 2 is 2.33 bits per heavy atom. The van der Waals surface area contributed by atoms with Gasteiger partial charge in [-0.05, 0) is 30.7 Å². The first-order chi connectivity index (χ1) is 10.1. The number of H-pyrrole nitrogens is 1. The van der Waals surface area contributed by atoms with E-state index in [1.165, 1.54) is 0 Å². The van der Waals surface area contributed by atoms with Crippen molar-refractivity contribution in [1.82, 2.24) is 15.1 Å². The molecule has 0 spiro atoms. The molecular formula is C15H16ClN3O2. The highest BCUT2D eigenvalue weighted by Crippen LogP contribution is 2.27. The molecule has 1 N–H and O–H groups in total. The highest BCUT2D eigenvalue weighted by atomic mass is 35.5. The van der Waals surface area contributed by atoms with E-state index < -0.39 is 0 Å². The Kier molecular flexibility index (Phi) is 3.94. The summed E-state index contributed by atoms with van der Waals surface area (Å²) >= 11 is 6.02. The quantitative estimate of drug-likeness (QED) is 0.928. The lowest BCUT2D eigenvalue weighted by molar-refractivity contribution is -0.0488. The minimum atomic E-state index is -0.160. The second kappa shape index (κ2) is 5.87. The molecule has 0 saturated carbocycles. The van der Waals surface area contributed by atoms with Crippen LogP contribution < -0.4 is 0 Å². The van der Waals surface area contributed by atoms with Gasteiger partial charge in [-0.2, -0.15) is 5.10 Å². The molecule has 21 heavy (non-hydrogen) atoms. The molecule has 0 aliphatic carbocycles. The summed E-state index contributed by atoms with van der Waals surface area (Å²) in [5.41, 5.74) is 1.48. The van der Waals surface area contributed by atoms with Gasteiger partial charge >= 0.3 is 0 Å². The molecule has 0 bridgehead atoms. The summed E-state index contributed by atoms with van der Waals surface area (Å²) in [6.07, 6.45) is 1.42. The SMILES string of the molecule is C[C@@H]1CO[C@H](c2cccc(Cl)c2)CN1C(=O)c1ccn[nH]1. The van der Waals surface area contributed by atoms with Crippen molar-refractivity contribution in [2.24, 2.45) is 0 Å². The summed E-state index contributed by atoms with van der Waals surface area (Å²) in [5.74, 6) is -0.0599. The summed E-state index contributed by atoms with van der Waals surface area (Å²) in [4.78, 5) is 14.3. The Morgan fingerprint density at radius 3 is 3.05 bits per heavy atom. The average molecular weight is 306 g/mol. The maximum Gasteiger partial charge on any atom is 0.272 e. The largest absolute Gasteiger partial charge is 0.370 e. The van der Waals surface area contributed by atoms with Gasteiger partial charge in [0.25, 0.3) is 5.91 Å². The first-order valence-electron chi connectivity index (χ1n) is 6.82. The number of aromatic amines is 1. The molecule has 1 aromatic carbocycles. The number of benzene rings is 1. The van der Waals surface area contributed by atoms with Crippen LogP contribution >= 0.6 is 11.6 Å². The van der Waals surface area contributed by atoms with E-state index in [1.54, 1.807) is 12.3 Å². The van der Waals surface area contributed by atoms with Gasteiger partial charge in [0.15, 0.2) is 0 Å². The van der Waals surface area contributed by atoms with Gasteiger partial charge in [0.1, 0.15) is 11.8 Å². The Morgan fingerprint density at radius 1 is 1.48 bits per heavy atom. The van der Waals surface area contributed by atoms with Gasteiger partial charge in [0.05, 0.1) is 19.2 Å². The third kappa shape index (κ3) is 2.94. The Bertz CT molecular complexity index is 630. The minimum absolute atomic E-state index is 0.0243. The first-order valence-corrected chi connectivity index (χ1v) is 7.20. The van der Waals surface area contributed by atoms with Crippen molar-refractivity contribution in [3.63, 3.8) is 0 Å². The van der Waals surface area contributed by atoms with Crippen LogP contribution in [-0.2, 0) is 4.74 Å². The van der Waals surface area contributed by atoms with Gasteiger partial charge < -0.3 is 9.64 Å². The Balaban J connectivity index is 1.80. The number of aromatic nitrogens is 2. The van der Waals surface area contributed by atoms with Gasteiger partial charge in [-0.15, -0.1) is 0 Å². The summed E-state index contributed by atoms with van der Waals surface area (Å²) in [6, 6.07) is 9.26. The van der Waals surface area contributed by atoms with Crippen molar-refractivity contribution in [1.29, 1.82) is 0 Å². The van der Waals surface area contributed by atoms with E-state index in [2.05, 4.69) is 10.2 Å². The lowest BCUT2D eigenvalue weighted by Gasteiger charge is -2.38. The molecule has 2 heterocycles. The third-order valence-electron chi connectivity index (χ3n) is 3.65. The van der Waals surface area contributed by atoms with Gasteiger partial charge in [-0.3, -0.25) is 9.89 Å². The molecule has 1 fully saturated rings. The third-order valence-corrected chi connectivity index (χ3v) is 3.88. The number of nitrogens with zero attached hydrogens (tertiary/aromatic N) is 2. The van der Waals surface area contributed by atoms with Crippen LogP contribution in [0.2, 0.25) is 5.02 Å². The molecule has 0 radical (unpaired) electrons. The van der Waals surface area contributed by atoms with Crippen molar-refractivity contribution in [3.8, 4) is 0 Å². The van der Waals surface area contributed by atoms with Crippen molar-refractivity contribution in [2.45, 2.75) is 19.1 Å². The summed E-state index contributed by atoms with van der Waals surface area (Å²) in [7, 11) is 0. The van der Waals surface area contributed by atoms with Crippen LogP contribution in [0.5, 0.6) is 0 Å². The molecule has 1 aliphatic rings. The van der Waals surface area contributed by atoms with Crippen molar-refractivity contribution in [2.75, 3.05) is 13.2 Å². The Labute approximate surface area is 127 Å². The van der Waals surface area contributed by atoms with E-state index in [4.69, 9.17) is 16.3 Å². The summed E-state index contributed by atoms with van der Waals surface area (Å²) < 4.78 is 5.85. The number of amides is 1. The maximum absolute atomic E-state index is 12.5. The predicted octanol–water partition coefficient (Wildman–Crippen LogP) is 2.67. The predicted molar refractivity (Wildman–Crippen MR) is 79.2 cm³/mol. The molecule has 0 unspecified atom stereocenters. The van der Waals surface area contributed by atoms with Crippen molar-refractivity contribution < 1.29 is 9.53 Å². The average Bonchev–Trinajstić information content (AvgIpc) is 3.01. The number of hydrogen-bond donors (Lipinski definition) is 1. The van der Waals surface area contributed by atoms with Gasteiger partial charge in [-0.1, -0.05) is 23.7 Å². The highest BCUT2D eigenvalue weighted by Gasteiger charge is 2.31. The lowest BCUT2D eigenvalue weighted by atomic mass is 10.1. The molecule has 1 saturated heterocycles. The molecule has 1 amide bonds. The normalized spacial score (nSPS) is 22.3. The molecule has 3 rings (SSSR count). The zero-order valence-corrected chi connectivity index (χ0v) is 12.4. The fourth-order valence-corrected chi connectivity index (χ4v) is 2.68. The molecule has 110 valence electrons. The number of morpholine rings is 1. The van der Waals surface area contributed by atoms with Crippen molar-refractivity contribution in [3.05, 3.63) is 52.8 Å². The minimum Gasteiger partial charge on any atom is -0.370 e. The van der Waals surface area contributed by atoms with Crippen LogP contribution in [0.4, 0.5) is 0 Å². The molecule has 5 nitrogen and oxygen atoms in total. The van der Waals surface area contributed by atoms with Gasteiger partial charge in [0.2, 0.25) is 0 Å². The van der Waals surface area contributed by atoms with Gasteiger partial charge in [0, 0.05) is 11.2 Å². The second-order valence-corrected chi connectivity index (χ2v) is 5.59.